The van der Waals surface area contributed by atoms with Crippen LogP contribution in [-0.4, -0.2) is 35.9 Å². The predicted molar refractivity (Wildman–Crippen MR) is 128 cm³/mol. The van der Waals surface area contributed by atoms with Crippen molar-refractivity contribution in [2.75, 3.05) is 7.11 Å². The van der Waals surface area contributed by atoms with Crippen molar-refractivity contribution >= 4 is 35.0 Å². The summed E-state index contributed by atoms with van der Waals surface area (Å²) in [5, 5.41) is 3.99. The van der Waals surface area contributed by atoms with Gasteiger partial charge in [-0.1, -0.05) is 60.7 Å². The van der Waals surface area contributed by atoms with Crippen molar-refractivity contribution in [3.05, 3.63) is 63.6 Å². The van der Waals surface area contributed by atoms with Crippen LogP contribution in [0.5, 0.6) is 5.75 Å². The Morgan fingerprint density at radius 3 is 2.31 bits per heavy atom. The number of methoxy groups -OCH3 is 1. The lowest BCUT2D eigenvalue weighted by Crippen LogP contribution is -2.50. The second-order valence-corrected chi connectivity index (χ2v) is 9.13. The van der Waals surface area contributed by atoms with Crippen LogP contribution >= 0.6 is 23.2 Å². The van der Waals surface area contributed by atoms with Crippen molar-refractivity contribution in [2.24, 2.45) is 0 Å². The van der Waals surface area contributed by atoms with Crippen LogP contribution in [0.2, 0.25) is 10.0 Å². The van der Waals surface area contributed by atoms with E-state index in [0.717, 1.165) is 42.6 Å². The molecule has 7 heteroatoms. The summed E-state index contributed by atoms with van der Waals surface area (Å²) in [6, 6.07) is 12.3. The van der Waals surface area contributed by atoms with E-state index < -0.39 is 6.04 Å². The normalized spacial score (nSPS) is 15.1. The molecule has 1 aliphatic rings. The van der Waals surface area contributed by atoms with E-state index in [1.807, 2.05) is 24.3 Å². The van der Waals surface area contributed by atoms with Crippen LogP contribution in [0.1, 0.15) is 50.2 Å². The fourth-order valence-corrected chi connectivity index (χ4v) is 4.33. The molecule has 2 amide bonds. The van der Waals surface area contributed by atoms with Gasteiger partial charge in [0.1, 0.15) is 11.8 Å². The van der Waals surface area contributed by atoms with E-state index >= 15 is 0 Å². The first-order valence-corrected chi connectivity index (χ1v) is 11.8. The van der Waals surface area contributed by atoms with E-state index in [1.165, 1.54) is 6.42 Å². The SMILES string of the molecule is COc1ccc(CN(C(=O)Cc2ccc(Cl)c(Cl)c2)[C@@H](C)C(=O)NC2CCCCC2)cc1. The Balaban J connectivity index is 1.77. The molecule has 1 aliphatic carbocycles. The zero-order valence-corrected chi connectivity index (χ0v) is 20.1. The molecule has 0 heterocycles. The summed E-state index contributed by atoms with van der Waals surface area (Å²) in [6.07, 6.45) is 5.60. The third kappa shape index (κ3) is 6.63. The number of carbonyl (C=O) groups excluding carboxylic acids is 2. The van der Waals surface area contributed by atoms with Crippen LogP contribution in [0.3, 0.4) is 0 Å². The molecule has 5 nitrogen and oxygen atoms in total. The fraction of sp³-hybridized carbons (Fsp3) is 0.440. The summed E-state index contributed by atoms with van der Waals surface area (Å²) in [5.74, 6) is 0.476. The molecule has 0 aromatic heterocycles. The molecule has 0 saturated heterocycles. The first kappa shape index (κ1) is 24.4. The molecule has 0 aliphatic heterocycles. The predicted octanol–water partition coefficient (Wildman–Crippen LogP) is 5.41. The number of ether oxygens (including phenoxy) is 1. The smallest absolute Gasteiger partial charge is 0.242 e. The quantitative estimate of drug-likeness (QED) is 0.553. The van der Waals surface area contributed by atoms with Gasteiger partial charge in [-0.2, -0.15) is 0 Å². The molecule has 2 aromatic carbocycles. The third-order valence-corrected chi connectivity index (χ3v) is 6.71. The van der Waals surface area contributed by atoms with E-state index in [1.54, 1.807) is 37.1 Å². The highest BCUT2D eigenvalue weighted by Gasteiger charge is 2.28. The number of amides is 2. The van der Waals surface area contributed by atoms with Gasteiger partial charge >= 0.3 is 0 Å². The van der Waals surface area contributed by atoms with Gasteiger partial charge in [-0.3, -0.25) is 9.59 Å². The van der Waals surface area contributed by atoms with Gasteiger partial charge in [0.25, 0.3) is 0 Å². The highest BCUT2D eigenvalue weighted by Crippen LogP contribution is 2.24. The van der Waals surface area contributed by atoms with Crippen LogP contribution < -0.4 is 10.1 Å². The number of nitrogens with zero attached hydrogens (tertiary/aromatic N) is 1. The number of hydrogen-bond acceptors (Lipinski definition) is 3. The summed E-state index contributed by atoms with van der Waals surface area (Å²) < 4.78 is 5.22. The minimum Gasteiger partial charge on any atom is -0.497 e. The molecule has 1 fully saturated rings. The number of rotatable bonds is 8. The van der Waals surface area contributed by atoms with Gasteiger partial charge in [0.2, 0.25) is 11.8 Å². The molecule has 172 valence electrons. The first-order valence-electron chi connectivity index (χ1n) is 11.0. The van der Waals surface area contributed by atoms with Crippen LogP contribution in [0.25, 0.3) is 0 Å². The van der Waals surface area contributed by atoms with Crippen LogP contribution in [-0.2, 0) is 22.6 Å². The van der Waals surface area contributed by atoms with Gasteiger partial charge in [0.15, 0.2) is 0 Å². The van der Waals surface area contributed by atoms with Gasteiger partial charge in [0, 0.05) is 12.6 Å². The Kier molecular flexibility index (Phi) is 8.83. The maximum atomic E-state index is 13.3. The molecule has 1 atom stereocenters. The highest BCUT2D eigenvalue weighted by atomic mass is 35.5. The molecular formula is C25H30Cl2N2O3. The van der Waals surface area contributed by atoms with Gasteiger partial charge in [-0.25, -0.2) is 0 Å². The monoisotopic (exact) mass is 476 g/mol. The van der Waals surface area contributed by atoms with Crippen molar-refractivity contribution < 1.29 is 14.3 Å². The highest BCUT2D eigenvalue weighted by molar-refractivity contribution is 6.42. The number of nitrogens with one attached hydrogen (secondary N) is 1. The number of benzene rings is 2. The largest absolute Gasteiger partial charge is 0.497 e. The number of halogens is 2. The Morgan fingerprint density at radius 1 is 1.03 bits per heavy atom. The van der Waals surface area contributed by atoms with Gasteiger partial charge < -0.3 is 15.0 Å². The Bertz CT molecular complexity index is 927. The summed E-state index contributed by atoms with van der Waals surface area (Å²) in [4.78, 5) is 28.0. The first-order chi connectivity index (χ1) is 15.4. The standard InChI is InChI=1S/C25H30Cl2N2O3/c1-17(25(31)28-20-6-4-3-5-7-20)29(16-18-8-11-21(32-2)12-9-18)24(30)15-19-10-13-22(26)23(27)14-19/h8-14,17,20H,3-7,15-16H2,1-2H3,(H,28,31)/t17-/m0/s1. The van der Waals surface area contributed by atoms with Crippen molar-refractivity contribution in [1.82, 2.24) is 10.2 Å². The second kappa shape index (κ2) is 11.6. The summed E-state index contributed by atoms with van der Waals surface area (Å²) in [6.45, 7) is 2.11. The van der Waals surface area contributed by atoms with Crippen molar-refractivity contribution in [3.63, 3.8) is 0 Å². The lowest BCUT2D eigenvalue weighted by Gasteiger charge is -2.31. The second-order valence-electron chi connectivity index (χ2n) is 8.31. The Labute approximate surface area is 200 Å². The lowest BCUT2D eigenvalue weighted by atomic mass is 9.95. The Morgan fingerprint density at radius 2 is 1.69 bits per heavy atom. The third-order valence-electron chi connectivity index (χ3n) is 5.97. The zero-order chi connectivity index (χ0) is 23.1. The van der Waals surface area contributed by atoms with E-state index in [9.17, 15) is 9.59 Å². The van der Waals surface area contributed by atoms with Crippen LogP contribution in [0, 0.1) is 0 Å². The number of carbonyl (C=O) groups is 2. The molecule has 32 heavy (non-hydrogen) atoms. The summed E-state index contributed by atoms with van der Waals surface area (Å²) >= 11 is 12.1. The maximum Gasteiger partial charge on any atom is 0.242 e. The molecule has 2 aromatic rings. The molecule has 1 saturated carbocycles. The van der Waals surface area contributed by atoms with E-state index in [-0.39, 0.29) is 24.3 Å². The Hall–Kier alpha value is -2.24. The molecule has 0 bridgehead atoms. The van der Waals surface area contributed by atoms with Gasteiger partial charge in [-0.15, -0.1) is 0 Å². The minimum absolute atomic E-state index is 0.118. The molecule has 0 unspecified atom stereocenters. The maximum absolute atomic E-state index is 13.3. The molecule has 0 spiro atoms. The minimum atomic E-state index is -0.602. The molecular weight excluding hydrogens is 447 g/mol. The van der Waals surface area contributed by atoms with E-state index in [4.69, 9.17) is 27.9 Å². The molecule has 1 N–H and O–H groups in total. The van der Waals surface area contributed by atoms with Crippen molar-refractivity contribution in [2.45, 2.75) is 64.1 Å². The van der Waals surface area contributed by atoms with E-state index in [0.29, 0.717) is 16.6 Å². The van der Waals surface area contributed by atoms with E-state index in [2.05, 4.69) is 5.32 Å². The fourth-order valence-electron chi connectivity index (χ4n) is 4.00. The van der Waals surface area contributed by atoms with Crippen LogP contribution in [0.4, 0.5) is 0 Å². The average molecular weight is 477 g/mol. The summed E-state index contributed by atoms with van der Waals surface area (Å²) in [7, 11) is 1.61. The topological polar surface area (TPSA) is 58.6 Å². The van der Waals surface area contributed by atoms with Gasteiger partial charge in [0.05, 0.1) is 23.6 Å². The van der Waals surface area contributed by atoms with Gasteiger partial charge in [-0.05, 0) is 55.2 Å². The molecule has 0 radical (unpaired) electrons. The molecule has 3 rings (SSSR count). The van der Waals surface area contributed by atoms with Crippen molar-refractivity contribution in [1.29, 1.82) is 0 Å². The average Bonchev–Trinajstić information content (AvgIpc) is 2.80. The van der Waals surface area contributed by atoms with Crippen LogP contribution in [0.15, 0.2) is 42.5 Å². The lowest BCUT2D eigenvalue weighted by molar-refractivity contribution is -0.140. The van der Waals surface area contributed by atoms with Crippen molar-refractivity contribution in [3.8, 4) is 5.75 Å². The summed E-state index contributed by atoms with van der Waals surface area (Å²) in [5.41, 5.74) is 1.68. The zero-order valence-electron chi connectivity index (χ0n) is 18.6. The number of hydrogen-bond donors (Lipinski definition) is 1.